The van der Waals surface area contributed by atoms with Crippen molar-refractivity contribution in [2.45, 2.75) is 24.6 Å². The molecule has 0 radical (unpaired) electrons. The van der Waals surface area contributed by atoms with Crippen LogP contribution in [0.4, 0.5) is 5.82 Å². The van der Waals surface area contributed by atoms with E-state index in [1.165, 1.54) is 0 Å². The second-order valence-electron chi connectivity index (χ2n) is 4.34. The minimum atomic E-state index is -0.945. The summed E-state index contributed by atoms with van der Waals surface area (Å²) in [6.45, 7) is 3.63. The highest BCUT2D eigenvalue weighted by atomic mass is 35.5. The summed E-state index contributed by atoms with van der Waals surface area (Å²) in [7, 11) is 0. The normalized spacial score (nSPS) is 26.2. The van der Waals surface area contributed by atoms with Gasteiger partial charge in [0.05, 0.1) is 5.41 Å². The topological polar surface area (TPSA) is 42.0 Å². The zero-order chi connectivity index (χ0) is 12.0. The van der Waals surface area contributed by atoms with E-state index in [2.05, 4.69) is 10.3 Å². The van der Waals surface area contributed by atoms with Gasteiger partial charge in [-0.3, -0.25) is 4.79 Å². The van der Waals surface area contributed by atoms with Gasteiger partial charge in [0.15, 0.2) is 0 Å². The number of anilines is 1. The molecule has 1 aliphatic rings. The summed E-state index contributed by atoms with van der Waals surface area (Å²) in [6, 6.07) is 3.70. The van der Waals surface area contributed by atoms with Gasteiger partial charge in [0.25, 0.3) is 0 Å². The molecule has 5 heteroatoms. The van der Waals surface area contributed by atoms with E-state index in [9.17, 15) is 4.79 Å². The predicted molar refractivity (Wildman–Crippen MR) is 64.8 cm³/mol. The largest absolute Gasteiger partial charge is 0.310 e. The third-order valence-corrected chi connectivity index (χ3v) is 4.10. The number of hydrogen-bond acceptors (Lipinski definition) is 2. The van der Waals surface area contributed by atoms with Crippen molar-refractivity contribution < 1.29 is 4.79 Å². The number of hydrogen-bond donors (Lipinski definition) is 1. The van der Waals surface area contributed by atoms with Crippen LogP contribution in [0.2, 0.25) is 0 Å². The summed E-state index contributed by atoms with van der Waals surface area (Å²) >= 11 is 11.9. The number of carbonyl (C=O) groups excluding carboxylic acids is 1. The summed E-state index contributed by atoms with van der Waals surface area (Å²) in [6.07, 6.45) is 2.10. The first kappa shape index (κ1) is 11.7. The Labute approximate surface area is 104 Å². The standard InChI is InChI=1S/C11H12Cl2N2O/c1-7-4-3-5-14-8(7)15-9(16)10(2)6-11(10,12)13/h3-5H,6H2,1-2H3,(H,14,15,16)/t10-/m0/s1. The van der Waals surface area contributed by atoms with E-state index < -0.39 is 9.75 Å². The number of halogens is 2. The molecule has 0 unspecified atom stereocenters. The van der Waals surface area contributed by atoms with Crippen LogP contribution in [0.3, 0.4) is 0 Å². The molecular weight excluding hydrogens is 247 g/mol. The molecule has 1 saturated carbocycles. The molecule has 0 bridgehead atoms. The zero-order valence-electron chi connectivity index (χ0n) is 9.05. The summed E-state index contributed by atoms with van der Waals surface area (Å²) in [5.74, 6) is 0.379. The van der Waals surface area contributed by atoms with Gasteiger partial charge in [0.1, 0.15) is 10.2 Å². The van der Waals surface area contributed by atoms with E-state index in [0.29, 0.717) is 12.2 Å². The maximum absolute atomic E-state index is 11.9. The van der Waals surface area contributed by atoms with Crippen LogP contribution < -0.4 is 5.32 Å². The fourth-order valence-electron chi connectivity index (χ4n) is 1.51. The van der Waals surface area contributed by atoms with Crippen LogP contribution in [-0.4, -0.2) is 15.2 Å². The van der Waals surface area contributed by atoms with Crippen molar-refractivity contribution in [2.24, 2.45) is 5.41 Å². The molecular formula is C11H12Cl2N2O. The van der Waals surface area contributed by atoms with Crippen molar-refractivity contribution in [3.63, 3.8) is 0 Å². The number of amides is 1. The molecule has 1 aliphatic carbocycles. The highest BCUT2D eigenvalue weighted by Gasteiger charge is 2.67. The van der Waals surface area contributed by atoms with E-state index in [-0.39, 0.29) is 5.91 Å². The minimum absolute atomic E-state index is 0.181. The Bertz CT molecular complexity index is 447. The van der Waals surface area contributed by atoms with Gasteiger partial charge >= 0.3 is 0 Å². The molecule has 0 aliphatic heterocycles. The molecule has 1 amide bonds. The molecule has 16 heavy (non-hydrogen) atoms. The van der Waals surface area contributed by atoms with Crippen LogP contribution in [0, 0.1) is 12.3 Å². The lowest BCUT2D eigenvalue weighted by Crippen LogP contribution is -2.26. The number of alkyl halides is 2. The molecule has 0 aromatic carbocycles. The number of aryl methyl sites for hydroxylation is 1. The molecule has 86 valence electrons. The second-order valence-corrected chi connectivity index (χ2v) is 5.82. The number of nitrogens with zero attached hydrogens (tertiary/aromatic N) is 1. The molecule has 0 saturated heterocycles. The Balaban J connectivity index is 2.13. The van der Waals surface area contributed by atoms with Crippen LogP contribution in [0.5, 0.6) is 0 Å². The molecule has 0 spiro atoms. The smallest absolute Gasteiger partial charge is 0.234 e. The molecule has 1 heterocycles. The lowest BCUT2D eigenvalue weighted by Gasteiger charge is -2.13. The van der Waals surface area contributed by atoms with Gasteiger partial charge in [-0.05, 0) is 31.9 Å². The minimum Gasteiger partial charge on any atom is -0.310 e. The van der Waals surface area contributed by atoms with E-state index in [4.69, 9.17) is 23.2 Å². The van der Waals surface area contributed by atoms with E-state index in [1.54, 1.807) is 13.1 Å². The Morgan fingerprint density at radius 3 is 2.69 bits per heavy atom. The van der Waals surface area contributed by atoms with Crippen molar-refractivity contribution in [2.75, 3.05) is 5.32 Å². The Morgan fingerprint density at radius 2 is 2.19 bits per heavy atom. The Morgan fingerprint density at radius 1 is 1.56 bits per heavy atom. The van der Waals surface area contributed by atoms with Gasteiger partial charge < -0.3 is 5.32 Å². The van der Waals surface area contributed by atoms with Gasteiger partial charge in [0, 0.05) is 6.20 Å². The van der Waals surface area contributed by atoms with E-state index in [0.717, 1.165) is 5.56 Å². The van der Waals surface area contributed by atoms with E-state index >= 15 is 0 Å². The summed E-state index contributed by atoms with van der Waals surface area (Å²) < 4.78 is -0.945. The summed E-state index contributed by atoms with van der Waals surface area (Å²) in [5.41, 5.74) is 0.204. The fourth-order valence-corrected chi connectivity index (χ4v) is 2.21. The second kappa shape index (κ2) is 3.60. The third kappa shape index (κ3) is 1.78. The number of carbonyl (C=O) groups is 1. The average molecular weight is 259 g/mol. The first-order valence-electron chi connectivity index (χ1n) is 4.98. The maximum Gasteiger partial charge on any atom is 0.234 e. The first-order chi connectivity index (χ1) is 7.37. The third-order valence-electron chi connectivity index (χ3n) is 3.00. The first-order valence-corrected chi connectivity index (χ1v) is 5.73. The molecule has 3 nitrogen and oxygen atoms in total. The predicted octanol–water partition coefficient (Wildman–Crippen LogP) is 2.91. The van der Waals surface area contributed by atoms with Crippen LogP contribution in [0.1, 0.15) is 18.9 Å². The monoisotopic (exact) mass is 258 g/mol. The number of nitrogens with one attached hydrogen (secondary N) is 1. The summed E-state index contributed by atoms with van der Waals surface area (Å²) in [5, 5.41) is 2.75. The van der Waals surface area contributed by atoms with Gasteiger partial charge in [-0.1, -0.05) is 6.07 Å². The maximum atomic E-state index is 11.9. The number of pyridine rings is 1. The lowest BCUT2D eigenvalue weighted by atomic mass is 10.1. The van der Waals surface area contributed by atoms with Gasteiger partial charge in [-0.25, -0.2) is 4.98 Å². The van der Waals surface area contributed by atoms with Crippen molar-refractivity contribution in [3.05, 3.63) is 23.9 Å². The quantitative estimate of drug-likeness (QED) is 0.830. The van der Waals surface area contributed by atoms with Crippen molar-refractivity contribution in [1.82, 2.24) is 4.98 Å². The molecule has 2 rings (SSSR count). The van der Waals surface area contributed by atoms with Crippen LogP contribution in [0.15, 0.2) is 18.3 Å². The Hall–Kier alpha value is -0.800. The van der Waals surface area contributed by atoms with Gasteiger partial charge in [-0.2, -0.15) is 0 Å². The van der Waals surface area contributed by atoms with Gasteiger partial charge in [0.2, 0.25) is 5.91 Å². The van der Waals surface area contributed by atoms with Crippen molar-refractivity contribution >= 4 is 34.9 Å². The highest BCUT2D eigenvalue weighted by molar-refractivity contribution is 6.53. The van der Waals surface area contributed by atoms with Crippen molar-refractivity contribution in [1.29, 1.82) is 0 Å². The molecule has 1 N–H and O–H groups in total. The molecule has 1 aromatic heterocycles. The van der Waals surface area contributed by atoms with E-state index in [1.807, 2.05) is 19.1 Å². The van der Waals surface area contributed by atoms with Crippen molar-refractivity contribution in [3.8, 4) is 0 Å². The molecule has 1 fully saturated rings. The average Bonchev–Trinajstić information content (AvgIpc) is 2.71. The number of rotatable bonds is 2. The zero-order valence-corrected chi connectivity index (χ0v) is 10.6. The van der Waals surface area contributed by atoms with Crippen LogP contribution >= 0.6 is 23.2 Å². The SMILES string of the molecule is Cc1cccnc1NC(=O)[C@]1(C)CC1(Cl)Cl. The summed E-state index contributed by atoms with van der Waals surface area (Å²) in [4.78, 5) is 16.0. The Kier molecular flexibility index (Phi) is 2.63. The fraction of sp³-hybridized carbons (Fsp3) is 0.455. The van der Waals surface area contributed by atoms with Crippen LogP contribution in [0.25, 0.3) is 0 Å². The molecule has 1 aromatic rings. The lowest BCUT2D eigenvalue weighted by molar-refractivity contribution is -0.120. The van der Waals surface area contributed by atoms with Gasteiger partial charge in [-0.15, -0.1) is 23.2 Å². The molecule has 1 atom stereocenters. The van der Waals surface area contributed by atoms with Crippen LogP contribution in [-0.2, 0) is 4.79 Å². The highest BCUT2D eigenvalue weighted by Crippen LogP contribution is 2.64. The number of aromatic nitrogens is 1.